The van der Waals surface area contributed by atoms with E-state index in [1.807, 2.05) is 0 Å². The minimum atomic E-state index is -0.0852. The minimum absolute atomic E-state index is 0.00566. The molecule has 0 unspecified atom stereocenters. The Labute approximate surface area is 432 Å². The van der Waals surface area contributed by atoms with E-state index in [-0.39, 0.29) is 28.5 Å². The Morgan fingerprint density at radius 1 is 0.356 bits per heavy atom. The highest BCUT2D eigenvalue weighted by molar-refractivity contribution is 6.90. The van der Waals surface area contributed by atoms with E-state index in [1.54, 1.807) is 0 Å². The molecule has 0 saturated carbocycles. The predicted octanol–water partition coefficient (Wildman–Crippen LogP) is 17.8. The normalized spacial score (nSPS) is 13.6. The Bertz CT molecular complexity index is 4130. The highest BCUT2D eigenvalue weighted by Crippen LogP contribution is 2.49. The summed E-state index contributed by atoms with van der Waals surface area (Å²) in [5, 5.41) is 7.82. The van der Waals surface area contributed by atoms with Crippen molar-refractivity contribution >= 4 is 72.2 Å². The third-order valence-electron chi connectivity index (χ3n) is 16.9. The van der Waals surface area contributed by atoms with Crippen molar-refractivity contribution in [3.8, 4) is 50.2 Å². The van der Waals surface area contributed by atoms with Gasteiger partial charge in [0.1, 0.15) is 0 Å². The maximum Gasteiger partial charge on any atom is 0.333 e. The molecule has 2 aliphatic heterocycles. The second-order valence-corrected chi connectivity index (χ2v) is 26.0. The molecule has 0 fully saturated rings. The lowest BCUT2D eigenvalue weighted by atomic mass is 9.45. The second-order valence-electron chi connectivity index (χ2n) is 26.0. The van der Waals surface area contributed by atoms with Crippen LogP contribution in [0.3, 0.4) is 0 Å². The summed E-state index contributed by atoms with van der Waals surface area (Å²) in [5.74, 6) is 0. The van der Waals surface area contributed by atoms with Crippen LogP contribution in [0, 0.1) is 13.8 Å². The monoisotopic (exact) mass is 947 g/mol. The van der Waals surface area contributed by atoms with Gasteiger partial charge >= 0.3 is 6.85 Å². The quantitative estimate of drug-likeness (QED) is 0.156. The highest BCUT2D eigenvalue weighted by Gasteiger charge is 2.43. The fourth-order valence-electron chi connectivity index (χ4n) is 12.9. The van der Waals surface area contributed by atoms with Gasteiger partial charge in [0.2, 0.25) is 0 Å². The van der Waals surface area contributed by atoms with E-state index >= 15 is 0 Å². The highest BCUT2D eigenvalue weighted by atomic mass is 15.0. The van der Waals surface area contributed by atoms with Crippen LogP contribution < -0.4 is 10.9 Å². The van der Waals surface area contributed by atoms with Crippen LogP contribution in [0.2, 0.25) is 0 Å². The molecule has 9 aromatic carbocycles. The Morgan fingerprint density at radius 3 is 1.60 bits per heavy atom. The zero-order valence-electron chi connectivity index (χ0n) is 45.4. The van der Waals surface area contributed by atoms with E-state index in [0.29, 0.717) is 0 Å². The molecule has 3 heteroatoms. The lowest BCUT2D eigenvalue weighted by molar-refractivity contribution is 0.569. The van der Waals surface area contributed by atoms with Crippen LogP contribution in [0.1, 0.15) is 116 Å². The van der Waals surface area contributed by atoms with Gasteiger partial charge in [0, 0.05) is 49.2 Å². The summed E-state index contributed by atoms with van der Waals surface area (Å²) in [6.07, 6.45) is 0. The molecule has 2 aromatic heterocycles. The summed E-state index contributed by atoms with van der Waals surface area (Å²) in [5.41, 5.74) is 27.4. The molecular formula is C70H67BN2. The Balaban J connectivity index is 1.26. The SMILES string of the molecule is Cc1cccc(C)c1-c1cccc2c1ccc1c3cc(-c4ccccc4)cc4c3n(c21)-c1cc(-c2cc(C(C)(C)C)cc(C(C)(C)C)c2)cc2c1B4n1c3ccc(C(C)(C)C)cc3c3cc(C(C)(C)C)cc-2c31. The summed E-state index contributed by atoms with van der Waals surface area (Å²) in [4.78, 5) is 0. The number of benzene rings is 9. The molecule has 0 saturated heterocycles. The van der Waals surface area contributed by atoms with Crippen LogP contribution >= 0.6 is 0 Å². The largest absolute Gasteiger partial charge is 0.375 e. The summed E-state index contributed by atoms with van der Waals surface area (Å²) >= 11 is 0. The van der Waals surface area contributed by atoms with Gasteiger partial charge in [-0.1, -0.05) is 192 Å². The van der Waals surface area contributed by atoms with E-state index in [2.05, 4.69) is 258 Å². The minimum Gasteiger partial charge on any atom is -0.375 e. The number of hydrogen-bond donors (Lipinski definition) is 0. The molecule has 0 radical (unpaired) electrons. The number of hydrogen-bond acceptors (Lipinski definition) is 0. The molecular weight excluding hydrogens is 880 g/mol. The maximum atomic E-state index is 2.77. The molecule has 73 heavy (non-hydrogen) atoms. The molecule has 0 amide bonds. The Morgan fingerprint density at radius 2 is 0.932 bits per heavy atom. The molecule has 0 bridgehead atoms. The molecule has 2 nitrogen and oxygen atoms in total. The molecule has 0 N–H and O–H groups in total. The third-order valence-corrected chi connectivity index (χ3v) is 16.9. The van der Waals surface area contributed by atoms with E-state index in [0.717, 1.165) is 0 Å². The smallest absolute Gasteiger partial charge is 0.333 e. The first-order valence-electron chi connectivity index (χ1n) is 26.7. The van der Waals surface area contributed by atoms with Crippen molar-refractivity contribution in [2.45, 2.75) is 119 Å². The van der Waals surface area contributed by atoms with Crippen molar-refractivity contribution in [1.29, 1.82) is 0 Å². The number of nitrogens with zero attached hydrogens (tertiary/aromatic N) is 2. The van der Waals surface area contributed by atoms with E-state index in [1.165, 1.54) is 149 Å². The van der Waals surface area contributed by atoms with Crippen molar-refractivity contribution in [3.05, 3.63) is 185 Å². The standard InChI is InChI=1S/C70H67BN2/c1-40-20-18-21-41(2)62(40)51-24-19-25-52-50(51)27-28-53-56-33-44(42-22-16-15-17-23-42)34-59-66(56)72(64(52)53)61-35-45(43-30-47(68(6,7)8)36-48(31-43)69(9,10)11)32-55-58-39-49(70(12,13)14)38-57-54-37-46(67(3,4)5)26-29-60(54)73(65(57)58)71(59)63(55)61/h15-39H,1-14H3. The fourth-order valence-corrected chi connectivity index (χ4v) is 12.9. The Kier molecular flexibility index (Phi) is 9.55. The average Bonchev–Trinajstić information content (AvgIpc) is 3.87. The molecule has 11 aromatic rings. The first-order valence-corrected chi connectivity index (χ1v) is 26.7. The van der Waals surface area contributed by atoms with Gasteiger partial charge < -0.3 is 9.05 Å². The molecule has 13 rings (SSSR count). The van der Waals surface area contributed by atoms with Crippen molar-refractivity contribution in [2.75, 3.05) is 0 Å². The maximum absolute atomic E-state index is 2.77. The van der Waals surface area contributed by atoms with Crippen LogP contribution in [-0.2, 0) is 21.7 Å². The van der Waals surface area contributed by atoms with E-state index in [9.17, 15) is 0 Å². The number of fused-ring (bicyclic) bond motifs is 12. The van der Waals surface area contributed by atoms with Gasteiger partial charge in [0.15, 0.2) is 0 Å². The molecule has 2 aliphatic rings. The van der Waals surface area contributed by atoms with Crippen molar-refractivity contribution in [3.63, 3.8) is 0 Å². The zero-order chi connectivity index (χ0) is 51.0. The zero-order valence-corrected chi connectivity index (χ0v) is 45.4. The van der Waals surface area contributed by atoms with Gasteiger partial charge in [-0.3, -0.25) is 0 Å². The van der Waals surface area contributed by atoms with Gasteiger partial charge in [-0.15, -0.1) is 0 Å². The lowest BCUT2D eigenvalue weighted by Crippen LogP contribution is -2.55. The van der Waals surface area contributed by atoms with Gasteiger partial charge in [0.05, 0.1) is 11.0 Å². The lowest BCUT2D eigenvalue weighted by Gasteiger charge is -2.35. The number of aryl methyl sites for hydroxylation is 2. The van der Waals surface area contributed by atoms with Gasteiger partial charge in [-0.05, 0) is 167 Å². The van der Waals surface area contributed by atoms with Gasteiger partial charge in [-0.25, -0.2) is 0 Å². The van der Waals surface area contributed by atoms with Crippen LogP contribution in [-0.4, -0.2) is 15.9 Å². The topological polar surface area (TPSA) is 9.86 Å². The molecule has 360 valence electrons. The van der Waals surface area contributed by atoms with Crippen molar-refractivity contribution in [1.82, 2.24) is 9.05 Å². The van der Waals surface area contributed by atoms with Crippen LogP contribution in [0.25, 0.3) is 105 Å². The molecule has 4 heterocycles. The molecule has 0 spiro atoms. The van der Waals surface area contributed by atoms with Crippen molar-refractivity contribution < 1.29 is 0 Å². The van der Waals surface area contributed by atoms with Crippen molar-refractivity contribution in [2.24, 2.45) is 0 Å². The van der Waals surface area contributed by atoms with Crippen LogP contribution in [0.5, 0.6) is 0 Å². The average molecular weight is 947 g/mol. The molecule has 0 aliphatic carbocycles. The van der Waals surface area contributed by atoms with E-state index in [4.69, 9.17) is 0 Å². The van der Waals surface area contributed by atoms with Gasteiger partial charge in [-0.2, -0.15) is 0 Å². The summed E-state index contributed by atoms with van der Waals surface area (Å²) in [7, 11) is 0. The Hall–Kier alpha value is -7.10. The van der Waals surface area contributed by atoms with E-state index < -0.39 is 0 Å². The third kappa shape index (κ3) is 6.76. The fraction of sp³-hybridized carbons (Fsp3) is 0.257. The summed E-state index contributed by atoms with van der Waals surface area (Å²) < 4.78 is 5.49. The number of aromatic nitrogens is 2. The molecule has 0 atom stereocenters. The summed E-state index contributed by atoms with van der Waals surface area (Å²) in [6, 6.07) is 59.8. The first kappa shape index (κ1) is 45.7. The van der Waals surface area contributed by atoms with Crippen LogP contribution in [0.15, 0.2) is 152 Å². The number of rotatable bonds is 3. The second kappa shape index (κ2) is 15.2. The summed E-state index contributed by atoms with van der Waals surface area (Å²) in [6.45, 7) is 32.8. The van der Waals surface area contributed by atoms with Gasteiger partial charge in [0.25, 0.3) is 0 Å². The predicted molar refractivity (Wildman–Crippen MR) is 318 cm³/mol. The van der Waals surface area contributed by atoms with Crippen LogP contribution in [0.4, 0.5) is 0 Å². The first-order chi connectivity index (χ1) is 34.6.